The first-order chi connectivity index (χ1) is 11.3. The number of thioether (sulfide) groups is 1. The van der Waals surface area contributed by atoms with Gasteiger partial charge in [-0.3, -0.25) is 4.99 Å². The fourth-order valence-corrected chi connectivity index (χ4v) is 2.86. The third-order valence-corrected chi connectivity index (χ3v) is 4.36. The summed E-state index contributed by atoms with van der Waals surface area (Å²) in [5, 5.41) is 7.14. The lowest BCUT2D eigenvalue weighted by Gasteiger charge is -2.11. The van der Waals surface area contributed by atoms with Gasteiger partial charge in [-0.1, -0.05) is 35.9 Å². The molecule has 2 rings (SSSR count). The Kier molecular flexibility index (Phi) is 10.9. The van der Waals surface area contributed by atoms with E-state index < -0.39 is 0 Å². The molecular formula is C17H22ClIN4S. The van der Waals surface area contributed by atoms with Crippen LogP contribution >= 0.6 is 47.3 Å². The molecule has 0 atom stereocenters. The highest BCUT2D eigenvalue weighted by Crippen LogP contribution is 2.15. The van der Waals surface area contributed by atoms with Crippen LogP contribution in [0.3, 0.4) is 0 Å². The zero-order chi connectivity index (χ0) is 16.3. The van der Waals surface area contributed by atoms with Gasteiger partial charge >= 0.3 is 0 Å². The predicted molar refractivity (Wildman–Crippen MR) is 115 cm³/mol. The van der Waals surface area contributed by atoms with Crippen LogP contribution in [0.5, 0.6) is 0 Å². The number of hydrogen-bond donors (Lipinski definition) is 2. The Labute approximate surface area is 169 Å². The summed E-state index contributed by atoms with van der Waals surface area (Å²) in [5.41, 5.74) is 1.15. The number of aromatic nitrogens is 1. The maximum atomic E-state index is 5.78. The second-order valence-corrected chi connectivity index (χ2v) is 6.38. The fraction of sp³-hybridized carbons (Fsp3) is 0.294. The van der Waals surface area contributed by atoms with Crippen LogP contribution in [-0.2, 0) is 6.42 Å². The number of rotatable bonds is 7. The predicted octanol–water partition coefficient (Wildman–Crippen LogP) is 3.85. The van der Waals surface area contributed by atoms with Crippen LogP contribution in [0.25, 0.3) is 0 Å². The molecule has 1 heterocycles. The highest BCUT2D eigenvalue weighted by atomic mass is 127. The van der Waals surface area contributed by atoms with Crippen LogP contribution in [0.2, 0.25) is 5.15 Å². The maximum absolute atomic E-state index is 5.78. The summed E-state index contributed by atoms with van der Waals surface area (Å²) in [6.07, 6.45) is 2.68. The number of guanidine groups is 1. The maximum Gasteiger partial charge on any atom is 0.191 e. The van der Waals surface area contributed by atoms with Crippen LogP contribution < -0.4 is 10.6 Å². The summed E-state index contributed by atoms with van der Waals surface area (Å²) in [7, 11) is 1.78. The molecule has 0 saturated carbocycles. The highest BCUT2D eigenvalue weighted by Gasteiger charge is 1.99. The van der Waals surface area contributed by atoms with Crippen LogP contribution in [0.15, 0.2) is 58.5 Å². The summed E-state index contributed by atoms with van der Waals surface area (Å²) in [6.45, 7) is 1.66. The number of nitrogens with zero attached hydrogens (tertiary/aromatic N) is 2. The molecule has 0 bridgehead atoms. The van der Waals surface area contributed by atoms with Crippen molar-refractivity contribution >= 4 is 53.3 Å². The summed E-state index contributed by atoms with van der Waals surface area (Å²) in [4.78, 5) is 9.59. The molecule has 4 nitrogen and oxygen atoms in total. The zero-order valence-corrected chi connectivity index (χ0v) is 17.4. The smallest absolute Gasteiger partial charge is 0.191 e. The van der Waals surface area contributed by atoms with E-state index >= 15 is 0 Å². The lowest BCUT2D eigenvalue weighted by atomic mass is 10.2. The minimum atomic E-state index is 0. The molecule has 0 aliphatic rings. The first-order valence-electron chi connectivity index (χ1n) is 7.51. The lowest BCUT2D eigenvalue weighted by Crippen LogP contribution is -2.39. The molecule has 0 aliphatic carbocycles. The summed E-state index contributed by atoms with van der Waals surface area (Å²) >= 11 is 7.60. The van der Waals surface area contributed by atoms with Gasteiger partial charge in [-0.25, -0.2) is 4.98 Å². The molecule has 0 aliphatic heterocycles. The van der Waals surface area contributed by atoms with E-state index in [1.807, 2.05) is 30.0 Å². The SMILES string of the molecule is CN=C(NCCSc1ccccc1)NCCc1ccc(Cl)nc1.I. The Hall–Kier alpha value is -0.990. The van der Waals surface area contributed by atoms with Crippen molar-refractivity contribution in [1.82, 2.24) is 15.6 Å². The summed E-state index contributed by atoms with van der Waals surface area (Å²) < 4.78 is 0. The van der Waals surface area contributed by atoms with Crippen molar-refractivity contribution in [3.05, 3.63) is 59.4 Å². The molecule has 7 heteroatoms. The molecule has 0 fully saturated rings. The number of benzene rings is 1. The van der Waals surface area contributed by atoms with E-state index in [0.29, 0.717) is 5.15 Å². The van der Waals surface area contributed by atoms with Crippen molar-refractivity contribution in [1.29, 1.82) is 0 Å². The van der Waals surface area contributed by atoms with Crippen LogP contribution in [-0.4, -0.2) is 36.8 Å². The molecule has 0 spiro atoms. The Bertz CT molecular complexity index is 608. The number of halogens is 2. The number of nitrogens with one attached hydrogen (secondary N) is 2. The Balaban J connectivity index is 0.00000288. The zero-order valence-electron chi connectivity index (χ0n) is 13.5. The van der Waals surface area contributed by atoms with E-state index in [4.69, 9.17) is 11.6 Å². The molecular weight excluding hydrogens is 455 g/mol. The normalized spacial score (nSPS) is 10.8. The monoisotopic (exact) mass is 476 g/mol. The molecule has 2 aromatic rings. The van der Waals surface area contributed by atoms with Crippen molar-refractivity contribution < 1.29 is 0 Å². The second-order valence-electron chi connectivity index (χ2n) is 4.83. The van der Waals surface area contributed by atoms with Crippen molar-refractivity contribution in [3.8, 4) is 0 Å². The van der Waals surface area contributed by atoms with Gasteiger partial charge < -0.3 is 10.6 Å². The molecule has 1 aromatic heterocycles. The molecule has 1 aromatic carbocycles. The molecule has 24 heavy (non-hydrogen) atoms. The van der Waals surface area contributed by atoms with E-state index in [0.717, 1.165) is 36.8 Å². The second kappa shape index (κ2) is 12.4. The minimum absolute atomic E-state index is 0. The van der Waals surface area contributed by atoms with Gasteiger partial charge in [0, 0.05) is 37.0 Å². The number of hydrogen-bond acceptors (Lipinski definition) is 3. The molecule has 130 valence electrons. The third-order valence-electron chi connectivity index (χ3n) is 3.12. The van der Waals surface area contributed by atoms with Crippen LogP contribution in [0.4, 0.5) is 0 Å². The van der Waals surface area contributed by atoms with E-state index in [9.17, 15) is 0 Å². The molecule has 2 N–H and O–H groups in total. The Morgan fingerprint density at radius 2 is 1.88 bits per heavy atom. The fourth-order valence-electron chi connectivity index (χ4n) is 1.96. The van der Waals surface area contributed by atoms with Crippen molar-refractivity contribution in [3.63, 3.8) is 0 Å². The van der Waals surface area contributed by atoms with Crippen molar-refractivity contribution in [2.45, 2.75) is 11.3 Å². The average Bonchev–Trinajstić information content (AvgIpc) is 2.59. The number of pyridine rings is 1. The molecule has 0 unspecified atom stereocenters. The van der Waals surface area contributed by atoms with Gasteiger partial charge in [0.15, 0.2) is 5.96 Å². The molecule has 0 amide bonds. The molecule has 0 radical (unpaired) electrons. The highest BCUT2D eigenvalue weighted by molar-refractivity contribution is 14.0. The topological polar surface area (TPSA) is 49.3 Å². The van der Waals surface area contributed by atoms with Gasteiger partial charge in [-0.2, -0.15) is 0 Å². The molecule has 0 saturated heterocycles. The summed E-state index contributed by atoms with van der Waals surface area (Å²) in [6, 6.07) is 14.2. The van der Waals surface area contributed by atoms with Gasteiger partial charge in [0.2, 0.25) is 0 Å². The van der Waals surface area contributed by atoms with Gasteiger partial charge in [0.25, 0.3) is 0 Å². The van der Waals surface area contributed by atoms with E-state index in [2.05, 4.69) is 44.9 Å². The van der Waals surface area contributed by atoms with Gasteiger partial charge in [0.05, 0.1) is 0 Å². The van der Waals surface area contributed by atoms with E-state index in [1.165, 1.54) is 4.90 Å². The first kappa shape index (κ1) is 21.1. The lowest BCUT2D eigenvalue weighted by molar-refractivity contribution is 0.810. The third kappa shape index (κ3) is 8.21. The summed E-state index contributed by atoms with van der Waals surface area (Å²) in [5.74, 6) is 1.81. The standard InChI is InChI=1S/C17H21ClN4S.HI/c1-19-17(20-10-9-14-7-8-16(18)22-13-14)21-11-12-23-15-5-3-2-4-6-15;/h2-8,13H,9-12H2,1H3,(H2,19,20,21);1H. The van der Waals surface area contributed by atoms with Gasteiger partial charge in [-0.05, 0) is 30.2 Å². The first-order valence-corrected chi connectivity index (χ1v) is 8.87. The van der Waals surface area contributed by atoms with Crippen LogP contribution in [0.1, 0.15) is 5.56 Å². The Morgan fingerprint density at radius 3 is 2.54 bits per heavy atom. The van der Waals surface area contributed by atoms with Crippen LogP contribution in [0, 0.1) is 0 Å². The van der Waals surface area contributed by atoms with Crippen molar-refractivity contribution in [2.75, 3.05) is 25.9 Å². The average molecular weight is 477 g/mol. The number of aliphatic imine (C=N–C) groups is 1. The van der Waals surface area contributed by atoms with Crippen molar-refractivity contribution in [2.24, 2.45) is 4.99 Å². The van der Waals surface area contributed by atoms with Gasteiger partial charge in [-0.15, -0.1) is 35.7 Å². The van der Waals surface area contributed by atoms with Gasteiger partial charge in [0.1, 0.15) is 5.15 Å². The van der Waals surface area contributed by atoms with E-state index in [1.54, 1.807) is 13.2 Å². The largest absolute Gasteiger partial charge is 0.356 e. The Morgan fingerprint density at radius 1 is 1.12 bits per heavy atom. The quantitative estimate of drug-likeness (QED) is 0.159. The minimum Gasteiger partial charge on any atom is -0.356 e. The van der Waals surface area contributed by atoms with E-state index in [-0.39, 0.29) is 24.0 Å².